The van der Waals surface area contributed by atoms with Gasteiger partial charge in [-0.1, -0.05) is 37.0 Å². The topological polar surface area (TPSA) is 35.5 Å². The van der Waals surface area contributed by atoms with Gasteiger partial charge in [-0.05, 0) is 31.0 Å². The summed E-state index contributed by atoms with van der Waals surface area (Å²) < 4.78 is 11.3. The van der Waals surface area contributed by atoms with Gasteiger partial charge in [-0.3, -0.25) is 4.79 Å². The molecule has 1 saturated heterocycles. The molecule has 1 heterocycles. The monoisotopic (exact) mass is 330 g/mol. The lowest BCUT2D eigenvalue weighted by Crippen LogP contribution is -2.37. The minimum atomic E-state index is -0.200. The number of benzene rings is 1. The van der Waals surface area contributed by atoms with Crippen molar-refractivity contribution in [2.45, 2.75) is 39.4 Å². The van der Waals surface area contributed by atoms with Crippen LogP contribution in [-0.4, -0.2) is 25.3 Å². The van der Waals surface area contributed by atoms with E-state index in [0.29, 0.717) is 41.7 Å². The van der Waals surface area contributed by atoms with Crippen molar-refractivity contribution in [2.24, 2.45) is 5.41 Å². The Bertz CT molecular complexity index is 484. The first kappa shape index (κ1) is 16.8. The summed E-state index contributed by atoms with van der Waals surface area (Å²) in [7, 11) is 0. The Morgan fingerprint density at radius 3 is 2.33 bits per heavy atom. The summed E-state index contributed by atoms with van der Waals surface area (Å²) in [5.41, 5.74) is 0.628. The molecule has 1 aromatic carbocycles. The summed E-state index contributed by atoms with van der Waals surface area (Å²) in [5, 5.41) is 0.957. The quantitative estimate of drug-likeness (QED) is 0.731. The minimum Gasteiger partial charge on any atom is -0.352 e. The fourth-order valence-electron chi connectivity index (χ4n) is 2.18. The predicted molar refractivity (Wildman–Crippen MR) is 84.1 cm³/mol. The third kappa shape index (κ3) is 5.26. The highest BCUT2D eigenvalue weighted by atomic mass is 35.5. The maximum Gasteiger partial charge on any atom is 0.162 e. The standard InChI is InChI=1S/C16H20Cl2O3/c1-16(2)9-20-15(21-10-16)5-3-4-14(19)11-6-12(17)8-13(18)7-11/h6-8,15H,3-5,9-10H2,1-2H3. The molecule has 21 heavy (non-hydrogen) atoms. The number of carbonyl (C=O) groups excluding carboxylic acids is 1. The van der Waals surface area contributed by atoms with Gasteiger partial charge < -0.3 is 9.47 Å². The van der Waals surface area contributed by atoms with Crippen molar-refractivity contribution < 1.29 is 14.3 Å². The molecule has 1 fully saturated rings. The predicted octanol–water partition coefficient (Wildman–Crippen LogP) is 4.75. The molecular formula is C16H20Cl2O3. The van der Waals surface area contributed by atoms with Crippen molar-refractivity contribution >= 4 is 29.0 Å². The molecule has 0 radical (unpaired) electrons. The fraction of sp³-hybridized carbons (Fsp3) is 0.562. The Kier molecular flexibility index (Phi) is 5.67. The first-order valence-electron chi connectivity index (χ1n) is 7.08. The molecule has 0 saturated carbocycles. The van der Waals surface area contributed by atoms with Crippen LogP contribution < -0.4 is 0 Å². The molecule has 0 bridgehead atoms. The van der Waals surface area contributed by atoms with Crippen LogP contribution in [0.2, 0.25) is 10.0 Å². The lowest BCUT2D eigenvalue weighted by Gasteiger charge is -2.34. The Balaban J connectivity index is 1.77. The number of rotatable bonds is 5. The first-order chi connectivity index (χ1) is 9.85. The Labute approximate surface area is 135 Å². The summed E-state index contributed by atoms with van der Waals surface area (Å²) in [5.74, 6) is 0.0375. The van der Waals surface area contributed by atoms with Gasteiger partial charge in [0.05, 0.1) is 13.2 Å². The van der Waals surface area contributed by atoms with Crippen molar-refractivity contribution in [3.63, 3.8) is 0 Å². The van der Waals surface area contributed by atoms with Gasteiger partial charge in [-0.2, -0.15) is 0 Å². The molecule has 1 aromatic rings. The van der Waals surface area contributed by atoms with Crippen LogP contribution in [-0.2, 0) is 9.47 Å². The number of hydrogen-bond acceptors (Lipinski definition) is 3. The van der Waals surface area contributed by atoms with E-state index in [4.69, 9.17) is 32.7 Å². The number of carbonyl (C=O) groups is 1. The van der Waals surface area contributed by atoms with Gasteiger partial charge in [0.2, 0.25) is 0 Å². The van der Waals surface area contributed by atoms with Gasteiger partial charge in [0.25, 0.3) is 0 Å². The molecule has 116 valence electrons. The van der Waals surface area contributed by atoms with E-state index < -0.39 is 0 Å². The van der Waals surface area contributed by atoms with Crippen LogP contribution in [0.3, 0.4) is 0 Å². The molecule has 1 aliphatic rings. The molecule has 1 aliphatic heterocycles. The number of halogens is 2. The van der Waals surface area contributed by atoms with Gasteiger partial charge in [-0.25, -0.2) is 0 Å². The number of hydrogen-bond donors (Lipinski definition) is 0. The number of ketones is 1. The van der Waals surface area contributed by atoms with Crippen LogP contribution >= 0.6 is 23.2 Å². The van der Waals surface area contributed by atoms with Crippen LogP contribution in [0.15, 0.2) is 18.2 Å². The second-order valence-corrected chi connectivity index (χ2v) is 7.06. The highest BCUT2D eigenvalue weighted by Gasteiger charge is 2.28. The van der Waals surface area contributed by atoms with Crippen LogP contribution in [0.1, 0.15) is 43.5 Å². The summed E-state index contributed by atoms with van der Waals surface area (Å²) in [4.78, 5) is 12.1. The smallest absolute Gasteiger partial charge is 0.162 e. The van der Waals surface area contributed by atoms with Crippen LogP contribution in [0, 0.1) is 5.41 Å². The van der Waals surface area contributed by atoms with E-state index in [1.54, 1.807) is 18.2 Å². The normalized spacial score (nSPS) is 18.7. The lowest BCUT2D eigenvalue weighted by molar-refractivity contribution is -0.223. The second-order valence-electron chi connectivity index (χ2n) is 6.19. The maximum absolute atomic E-state index is 12.1. The van der Waals surface area contributed by atoms with Crippen molar-refractivity contribution in [3.05, 3.63) is 33.8 Å². The van der Waals surface area contributed by atoms with Crippen molar-refractivity contribution in [3.8, 4) is 0 Å². The Hall–Kier alpha value is -0.610. The van der Waals surface area contributed by atoms with Crippen molar-refractivity contribution in [1.29, 1.82) is 0 Å². The second kappa shape index (κ2) is 7.10. The van der Waals surface area contributed by atoms with E-state index in [1.165, 1.54) is 0 Å². The van der Waals surface area contributed by atoms with Gasteiger partial charge in [0, 0.05) is 27.4 Å². The molecule has 0 amide bonds. The fourth-order valence-corrected chi connectivity index (χ4v) is 2.71. The minimum absolute atomic E-state index is 0.0375. The zero-order chi connectivity index (χ0) is 15.5. The summed E-state index contributed by atoms with van der Waals surface area (Å²) in [6.45, 7) is 5.59. The van der Waals surface area contributed by atoms with Gasteiger partial charge in [0.1, 0.15) is 0 Å². The van der Waals surface area contributed by atoms with Crippen molar-refractivity contribution in [2.75, 3.05) is 13.2 Å². The van der Waals surface area contributed by atoms with Crippen LogP contribution in [0.25, 0.3) is 0 Å². The number of ether oxygens (including phenoxy) is 2. The van der Waals surface area contributed by atoms with Gasteiger partial charge in [0.15, 0.2) is 12.1 Å². The summed E-state index contributed by atoms with van der Waals surface area (Å²) >= 11 is 11.8. The molecule has 0 aliphatic carbocycles. The van der Waals surface area contributed by atoms with E-state index in [-0.39, 0.29) is 17.5 Å². The third-order valence-corrected chi connectivity index (χ3v) is 3.78. The van der Waals surface area contributed by atoms with E-state index in [2.05, 4.69) is 13.8 Å². The molecule has 0 aromatic heterocycles. The molecule has 0 unspecified atom stereocenters. The van der Waals surface area contributed by atoms with E-state index >= 15 is 0 Å². The van der Waals surface area contributed by atoms with Crippen molar-refractivity contribution in [1.82, 2.24) is 0 Å². The third-order valence-electron chi connectivity index (χ3n) is 3.35. The summed E-state index contributed by atoms with van der Waals surface area (Å²) in [6.07, 6.45) is 1.67. The number of Topliss-reactive ketones (excluding diaryl/α,β-unsaturated/α-hetero) is 1. The van der Waals surface area contributed by atoms with E-state index in [9.17, 15) is 4.79 Å². The average Bonchev–Trinajstić information content (AvgIpc) is 2.39. The summed E-state index contributed by atoms with van der Waals surface area (Å²) in [6, 6.07) is 4.91. The Morgan fingerprint density at radius 2 is 1.76 bits per heavy atom. The Morgan fingerprint density at radius 1 is 1.19 bits per heavy atom. The highest BCUT2D eigenvalue weighted by Crippen LogP contribution is 2.25. The SMILES string of the molecule is CC1(C)COC(CCCC(=O)c2cc(Cl)cc(Cl)c2)OC1. The maximum atomic E-state index is 12.1. The molecule has 0 atom stereocenters. The molecule has 0 spiro atoms. The highest BCUT2D eigenvalue weighted by molar-refractivity contribution is 6.35. The first-order valence-corrected chi connectivity index (χ1v) is 7.84. The van der Waals surface area contributed by atoms with Gasteiger partial charge >= 0.3 is 0 Å². The van der Waals surface area contributed by atoms with E-state index in [0.717, 1.165) is 6.42 Å². The molecule has 0 N–H and O–H groups in total. The average molecular weight is 331 g/mol. The van der Waals surface area contributed by atoms with E-state index in [1.807, 2.05) is 0 Å². The zero-order valence-electron chi connectivity index (χ0n) is 12.3. The van der Waals surface area contributed by atoms with Crippen LogP contribution in [0.4, 0.5) is 0 Å². The molecule has 2 rings (SSSR count). The van der Waals surface area contributed by atoms with Gasteiger partial charge in [-0.15, -0.1) is 0 Å². The van der Waals surface area contributed by atoms with Crippen LogP contribution in [0.5, 0.6) is 0 Å². The zero-order valence-corrected chi connectivity index (χ0v) is 13.8. The lowest BCUT2D eigenvalue weighted by atomic mass is 9.95. The molecular weight excluding hydrogens is 311 g/mol. The molecule has 3 nitrogen and oxygen atoms in total. The largest absolute Gasteiger partial charge is 0.352 e. The molecule has 5 heteroatoms.